The van der Waals surface area contributed by atoms with E-state index in [9.17, 15) is 5.11 Å². The lowest BCUT2D eigenvalue weighted by molar-refractivity contribution is 0.210. The van der Waals surface area contributed by atoms with Crippen molar-refractivity contribution < 1.29 is 5.11 Å². The second-order valence-electron chi connectivity index (χ2n) is 5.66. The maximum Gasteiger partial charge on any atom is 0.100 e. The highest BCUT2D eigenvalue weighted by atomic mass is 16.3. The van der Waals surface area contributed by atoms with Crippen LogP contribution in [0.4, 0.5) is 0 Å². The van der Waals surface area contributed by atoms with Gasteiger partial charge in [0.05, 0.1) is 0 Å². The normalized spacial score (nSPS) is 21.1. The highest BCUT2D eigenvalue weighted by Crippen LogP contribution is 2.32. The van der Waals surface area contributed by atoms with E-state index in [2.05, 4.69) is 24.3 Å². The van der Waals surface area contributed by atoms with Gasteiger partial charge < -0.3 is 5.11 Å². The van der Waals surface area contributed by atoms with E-state index in [1.165, 1.54) is 55.2 Å². The lowest BCUT2D eigenvalue weighted by Gasteiger charge is -2.16. The van der Waals surface area contributed by atoms with Gasteiger partial charge >= 0.3 is 0 Å². The smallest absolute Gasteiger partial charge is 0.100 e. The summed E-state index contributed by atoms with van der Waals surface area (Å²) in [6, 6.07) is 6.58. The molecule has 1 nitrogen and oxygen atoms in total. The molecular formula is C17H22O. The quantitative estimate of drug-likeness (QED) is 0.774. The number of aliphatic hydroxyl groups excluding tert-OH is 1. The van der Waals surface area contributed by atoms with E-state index in [4.69, 9.17) is 0 Å². The first-order valence-corrected chi connectivity index (χ1v) is 7.33. The molecule has 18 heavy (non-hydrogen) atoms. The van der Waals surface area contributed by atoms with Crippen molar-refractivity contribution in [3.8, 4) is 0 Å². The van der Waals surface area contributed by atoms with E-state index < -0.39 is 0 Å². The molecule has 3 rings (SSSR count). The first kappa shape index (κ1) is 12.0. The van der Waals surface area contributed by atoms with Gasteiger partial charge in [0.25, 0.3) is 0 Å². The van der Waals surface area contributed by atoms with Gasteiger partial charge in [0.2, 0.25) is 0 Å². The molecule has 0 heterocycles. The average Bonchev–Trinajstić information content (AvgIpc) is 2.69. The molecular weight excluding hydrogens is 220 g/mol. The fourth-order valence-electron chi connectivity index (χ4n) is 3.26. The molecule has 2 aliphatic carbocycles. The summed E-state index contributed by atoms with van der Waals surface area (Å²) >= 11 is 0. The van der Waals surface area contributed by atoms with Gasteiger partial charge in [0, 0.05) is 0 Å². The largest absolute Gasteiger partial charge is 0.384 e. The van der Waals surface area contributed by atoms with E-state index in [0.717, 1.165) is 18.4 Å². The van der Waals surface area contributed by atoms with Crippen molar-refractivity contribution in [1.29, 1.82) is 0 Å². The molecule has 0 saturated carbocycles. The van der Waals surface area contributed by atoms with E-state index in [-0.39, 0.29) is 6.10 Å². The van der Waals surface area contributed by atoms with Crippen LogP contribution in [-0.4, -0.2) is 5.11 Å². The zero-order valence-corrected chi connectivity index (χ0v) is 11.0. The van der Waals surface area contributed by atoms with E-state index in [0.29, 0.717) is 0 Å². The number of fused-ring (bicyclic) bond motifs is 1. The number of hydrogen-bond acceptors (Lipinski definition) is 1. The molecule has 0 spiro atoms. The van der Waals surface area contributed by atoms with Crippen molar-refractivity contribution in [2.24, 2.45) is 0 Å². The van der Waals surface area contributed by atoms with E-state index in [1.807, 2.05) is 0 Å². The fraction of sp³-hybridized carbons (Fsp3) is 0.529. The molecule has 0 fully saturated rings. The van der Waals surface area contributed by atoms with Crippen molar-refractivity contribution in [3.63, 3.8) is 0 Å². The molecule has 0 amide bonds. The topological polar surface area (TPSA) is 20.2 Å². The van der Waals surface area contributed by atoms with Crippen LogP contribution in [-0.2, 0) is 12.8 Å². The van der Waals surface area contributed by atoms with Crippen molar-refractivity contribution in [3.05, 3.63) is 46.5 Å². The van der Waals surface area contributed by atoms with Crippen LogP contribution in [0, 0.1) is 0 Å². The van der Waals surface area contributed by atoms with Crippen LogP contribution in [0.3, 0.4) is 0 Å². The van der Waals surface area contributed by atoms with Crippen molar-refractivity contribution >= 4 is 0 Å². The molecule has 0 aliphatic heterocycles. The van der Waals surface area contributed by atoms with Crippen LogP contribution in [0.1, 0.15) is 61.3 Å². The number of rotatable bonds is 2. The SMILES string of the molecule is OC(C1=CCCCCC1)c1ccc2c(c1)CCC2. The minimum atomic E-state index is -0.367. The number of benzene rings is 1. The summed E-state index contributed by atoms with van der Waals surface area (Å²) in [6.07, 6.45) is 11.6. The Morgan fingerprint density at radius 1 is 0.889 bits per heavy atom. The van der Waals surface area contributed by atoms with E-state index in [1.54, 1.807) is 0 Å². The number of aliphatic hydroxyl groups is 1. The van der Waals surface area contributed by atoms with Gasteiger partial charge in [-0.3, -0.25) is 0 Å². The second kappa shape index (κ2) is 5.27. The third-order valence-corrected chi connectivity index (χ3v) is 4.37. The Morgan fingerprint density at radius 3 is 2.72 bits per heavy atom. The Morgan fingerprint density at radius 2 is 1.78 bits per heavy atom. The van der Waals surface area contributed by atoms with Crippen LogP contribution in [0.15, 0.2) is 29.8 Å². The van der Waals surface area contributed by atoms with Crippen LogP contribution < -0.4 is 0 Å². The Hall–Kier alpha value is -1.08. The molecule has 0 saturated heterocycles. The van der Waals surface area contributed by atoms with Crippen LogP contribution in [0.25, 0.3) is 0 Å². The predicted molar refractivity (Wildman–Crippen MR) is 74.6 cm³/mol. The van der Waals surface area contributed by atoms with Crippen LogP contribution >= 0.6 is 0 Å². The Kier molecular flexibility index (Phi) is 3.51. The minimum Gasteiger partial charge on any atom is -0.384 e. The lowest BCUT2D eigenvalue weighted by Crippen LogP contribution is -2.02. The number of aryl methyl sites for hydroxylation is 2. The molecule has 2 aliphatic rings. The first-order valence-electron chi connectivity index (χ1n) is 7.33. The number of hydrogen-bond donors (Lipinski definition) is 1. The van der Waals surface area contributed by atoms with Gasteiger partial charge in [-0.1, -0.05) is 30.7 Å². The molecule has 1 N–H and O–H groups in total. The molecule has 1 aromatic rings. The van der Waals surface area contributed by atoms with Crippen LogP contribution in [0.2, 0.25) is 0 Å². The summed E-state index contributed by atoms with van der Waals surface area (Å²) in [4.78, 5) is 0. The minimum absolute atomic E-state index is 0.367. The van der Waals surface area contributed by atoms with Gasteiger partial charge in [-0.25, -0.2) is 0 Å². The Balaban J connectivity index is 1.83. The lowest BCUT2D eigenvalue weighted by atomic mass is 9.95. The van der Waals surface area contributed by atoms with Crippen LogP contribution in [0.5, 0.6) is 0 Å². The van der Waals surface area contributed by atoms with Crippen molar-refractivity contribution in [2.45, 2.75) is 57.5 Å². The fourth-order valence-corrected chi connectivity index (χ4v) is 3.26. The van der Waals surface area contributed by atoms with Gasteiger partial charge in [-0.05, 0) is 67.2 Å². The third kappa shape index (κ3) is 2.37. The molecule has 0 bridgehead atoms. The number of allylic oxidation sites excluding steroid dienone is 1. The molecule has 0 radical (unpaired) electrons. The maximum absolute atomic E-state index is 10.5. The maximum atomic E-state index is 10.5. The second-order valence-corrected chi connectivity index (χ2v) is 5.66. The average molecular weight is 242 g/mol. The highest BCUT2D eigenvalue weighted by Gasteiger charge is 2.17. The Labute approximate surface area is 110 Å². The summed E-state index contributed by atoms with van der Waals surface area (Å²) in [5, 5.41) is 10.5. The molecule has 1 heteroatoms. The molecule has 96 valence electrons. The molecule has 0 aromatic heterocycles. The summed E-state index contributed by atoms with van der Waals surface area (Å²) in [7, 11) is 0. The molecule has 1 unspecified atom stereocenters. The first-order chi connectivity index (χ1) is 8.84. The van der Waals surface area contributed by atoms with Gasteiger partial charge in [-0.2, -0.15) is 0 Å². The van der Waals surface area contributed by atoms with Gasteiger partial charge in [0.15, 0.2) is 0 Å². The summed E-state index contributed by atoms with van der Waals surface area (Å²) < 4.78 is 0. The highest BCUT2D eigenvalue weighted by molar-refractivity contribution is 5.38. The molecule has 1 aromatic carbocycles. The van der Waals surface area contributed by atoms with Crippen molar-refractivity contribution in [1.82, 2.24) is 0 Å². The van der Waals surface area contributed by atoms with E-state index >= 15 is 0 Å². The van der Waals surface area contributed by atoms with Gasteiger partial charge in [0.1, 0.15) is 6.10 Å². The zero-order valence-electron chi connectivity index (χ0n) is 11.0. The third-order valence-electron chi connectivity index (χ3n) is 4.37. The monoisotopic (exact) mass is 242 g/mol. The predicted octanol–water partition coefficient (Wildman–Crippen LogP) is 4.10. The van der Waals surface area contributed by atoms with Gasteiger partial charge in [-0.15, -0.1) is 0 Å². The molecule has 1 atom stereocenters. The Bertz CT molecular complexity index is 459. The van der Waals surface area contributed by atoms with Crippen molar-refractivity contribution in [2.75, 3.05) is 0 Å². The summed E-state index contributed by atoms with van der Waals surface area (Å²) in [5.74, 6) is 0. The summed E-state index contributed by atoms with van der Waals surface area (Å²) in [5.41, 5.74) is 5.29. The summed E-state index contributed by atoms with van der Waals surface area (Å²) in [6.45, 7) is 0. The standard InChI is InChI=1S/C17H22O/c18-17(14-6-3-1-2-4-7-14)16-11-10-13-8-5-9-15(13)12-16/h6,10-12,17-18H,1-5,7-9H2. The zero-order chi connectivity index (χ0) is 12.4.